The van der Waals surface area contributed by atoms with E-state index in [1.54, 1.807) is 15.0 Å². The second-order valence-corrected chi connectivity index (χ2v) is 8.59. The third-order valence-corrected chi connectivity index (χ3v) is 6.23. The molecule has 0 unspecified atom stereocenters. The second-order valence-electron chi connectivity index (χ2n) is 8.59. The fourth-order valence-electron chi connectivity index (χ4n) is 4.44. The van der Waals surface area contributed by atoms with E-state index in [1.807, 2.05) is 52.2 Å². The maximum absolute atomic E-state index is 12.9. The molecule has 5 heterocycles. The fraction of sp³-hybridized carbons (Fsp3) is 0.417. The summed E-state index contributed by atoms with van der Waals surface area (Å²) in [5.41, 5.74) is 5.84. The quantitative estimate of drug-likeness (QED) is 0.526. The van der Waals surface area contributed by atoms with Crippen LogP contribution in [0.15, 0.2) is 41.5 Å². The molecule has 2 aliphatic rings. The standard InChI is InChI=1S/C22H23N7O.C2H6/c1-14-9-18(26-29-11-15(2)24-21(14)29)17-10-20(30)28-12-16(3-4-19(28)25-17)27-8-7-23-22(13-27)5-6-22;1-2/h3-4,9-12,23H,5-8,13H2,1-2H3;1-2H3. The zero-order valence-electron chi connectivity index (χ0n) is 19.1. The average Bonchev–Trinajstić information content (AvgIpc) is 3.42. The molecule has 8 heteroatoms. The number of fused-ring (bicyclic) bond motifs is 2. The van der Waals surface area contributed by atoms with Gasteiger partial charge in [0.25, 0.3) is 5.56 Å². The van der Waals surface area contributed by atoms with E-state index in [2.05, 4.69) is 26.4 Å². The molecule has 0 atom stereocenters. The van der Waals surface area contributed by atoms with Crippen LogP contribution in [0.5, 0.6) is 0 Å². The van der Waals surface area contributed by atoms with Gasteiger partial charge in [-0.3, -0.25) is 9.20 Å². The molecule has 0 amide bonds. The number of hydrogen-bond donors (Lipinski definition) is 1. The minimum absolute atomic E-state index is 0.102. The van der Waals surface area contributed by atoms with Crippen molar-refractivity contribution in [2.24, 2.45) is 0 Å². The van der Waals surface area contributed by atoms with Gasteiger partial charge < -0.3 is 10.2 Å². The summed E-state index contributed by atoms with van der Waals surface area (Å²) in [4.78, 5) is 24.5. The van der Waals surface area contributed by atoms with Crippen LogP contribution in [0.25, 0.3) is 22.7 Å². The summed E-state index contributed by atoms with van der Waals surface area (Å²) in [6.45, 7) is 10.8. The molecule has 4 aromatic heterocycles. The summed E-state index contributed by atoms with van der Waals surface area (Å²) < 4.78 is 3.39. The van der Waals surface area contributed by atoms with Crippen molar-refractivity contribution in [3.63, 3.8) is 0 Å². The molecule has 8 nitrogen and oxygen atoms in total. The molecule has 1 aliphatic carbocycles. The average molecular weight is 432 g/mol. The van der Waals surface area contributed by atoms with Crippen LogP contribution in [0.1, 0.15) is 37.9 Å². The number of anilines is 1. The summed E-state index contributed by atoms with van der Waals surface area (Å²) in [7, 11) is 0. The van der Waals surface area contributed by atoms with Crippen LogP contribution < -0.4 is 15.8 Å². The number of aryl methyl sites for hydroxylation is 2. The number of hydrogen-bond acceptors (Lipinski definition) is 6. The Hall–Kier alpha value is -3.26. The lowest BCUT2D eigenvalue weighted by Gasteiger charge is -2.35. The highest BCUT2D eigenvalue weighted by Crippen LogP contribution is 2.38. The van der Waals surface area contributed by atoms with Crippen LogP contribution in [0.3, 0.4) is 0 Å². The summed E-state index contributed by atoms with van der Waals surface area (Å²) in [5, 5.41) is 8.24. The van der Waals surface area contributed by atoms with Crippen molar-refractivity contribution in [1.82, 2.24) is 29.3 Å². The van der Waals surface area contributed by atoms with Gasteiger partial charge in [-0.2, -0.15) is 5.10 Å². The smallest absolute Gasteiger partial charge is 0.258 e. The summed E-state index contributed by atoms with van der Waals surface area (Å²) in [6, 6.07) is 7.49. The van der Waals surface area contributed by atoms with Crippen molar-refractivity contribution in [2.45, 2.75) is 46.1 Å². The zero-order chi connectivity index (χ0) is 22.5. The third kappa shape index (κ3) is 3.54. The second kappa shape index (κ2) is 7.70. The maximum atomic E-state index is 12.9. The van der Waals surface area contributed by atoms with Gasteiger partial charge >= 0.3 is 0 Å². The number of piperazine rings is 1. The highest BCUT2D eigenvalue weighted by Gasteiger charge is 2.45. The van der Waals surface area contributed by atoms with Gasteiger partial charge in [-0.05, 0) is 50.5 Å². The van der Waals surface area contributed by atoms with E-state index in [9.17, 15) is 4.79 Å². The van der Waals surface area contributed by atoms with E-state index in [-0.39, 0.29) is 11.1 Å². The lowest BCUT2D eigenvalue weighted by molar-refractivity contribution is 0.442. The predicted octanol–water partition coefficient (Wildman–Crippen LogP) is 2.99. The molecule has 0 radical (unpaired) electrons. The molecular formula is C24H29N7O. The summed E-state index contributed by atoms with van der Waals surface area (Å²) >= 11 is 0. The van der Waals surface area contributed by atoms with Crippen molar-refractivity contribution in [3.8, 4) is 11.4 Å². The lowest BCUT2D eigenvalue weighted by atomic mass is 10.1. The minimum atomic E-state index is -0.102. The molecule has 166 valence electrons. The van der Waals surface area contributed by atoms with Crippen LogP contribution >= 0.6 is 0 Å². The monoisotopic (exact) mass is 431 g/mol. The number of imidazole rings is 1. The molecule has 4 aromatic rings. The minimum Gasteiger partial charge on any atom is -0.367 e. The number of aromatic nitrogens is 5. The van der Waals surface area contributed by atoms with E-state index in [4.69, 9.17) is 4.98 Å². The van der Waals surface area contributed by atoms with Crippen molar-refractivity contribution in [1.29, 1.82) is 0 Å². The Morgan fingerprint density at radius 2 is 1.84 bits per heavy atom. The number of nitrogens with zero attached hydrogens (tertiary/aromatic N) is 6. The molecule has 1 spiro atoms. The van der Waals surface area contributed by atoms with Crippen molar-refractivity contribution < 1.29 is 0 Å². The first-order valence-electron chi connectivity index (χ1n) is 11.4. The number of pyridine rings is 1. The van der Waals surface area contributed by atoms with Crippen LogP contribution in [-0.2, 0) is 0 Å². The van der Waals surface area contributed by atoms with Gasteiger partial charge in [0.2, 0.25) is 0 Å². The molecule has 6 rings (SSSR count). The van der Waals surface area contributed by atoms with E-state index in [1.165, 1.54) is 12.8 Å². The molecule has 32 heavy (non-hydrogen) atoms. The predicted molar refractivity (Wildman–Crippen MR) is 126 cm³/mol. The maximum Gasteiger partial charge on any atom is 0.258 e. The SMILES string of the molecule is CC.Cc1cn2nc(-c3cc(=O)n4cc(N5CCNC6(CC6)C5)ccc4n3)cc(C)c2n1. The van der Waals surface area contributed by atoms with Gasteiger partial charge in [0.05, 0.1) is 23.3 Å². The Morgan fingerprint density at radius 3 is 2.62 bits per heavy atom. The van der Waals surface area contributed by atoms with E-state index in [0.29, 0.717) is 17.0 Å². The van der Waals surface area contributed by atoms with Crippen LogP contribution in [0, 0.1) is 13.8 Å². The largest absolute Gasteiger partial charge is 0.367 e. The Labute approximate surface area is 186 Å². The van der Waals surface area contributed by atoms with Crippen LogP contribution in [-0.4, -0.2) is 49.2 Å². The highest BCUT2D eigenvalue weighted by atomic mass is 16.1. The molecule has 1 N–H and O–H groups in total. The molecule has 0 bridgehead atoms. The first kappa shape index (κ1) is 20.6. The van der Waals surface area contributed by atoms with Crippen molar-refractivity contribution in [3.05, 3.63) is 58.3 Å². The van der Waals surface area contributed by atoms with E-state index in [0.717, 1.165) is 42.2 Å². The molecule has 1 aliphatic heterocycles. The van der Waals surface area contributed by atoms with Gasteiger partial charge in [0.15, 0.2) is 5.65 Å². The van der Waals surface area contributed by atoms with Gasteiger partial charge in [0.1, 0.15) is 11.3 Å². The Bertz CT molecular complexity index is 1370. The number of nitrogens with one attached hydrogen (secondary N) is 1. The summed E-state index contributed by atoms with van der Waals surface area (Å²) in [6.07, 6.45) is 6.26. The highest BCUT2D eigenvalue weighted by molar-refractivity contribution is 5.62. The Balaban J connectivity index is 0.00000105. The summed E-state index contributed by atoms with van der Waals surface area (Å²) in [5.74, 6) is 0. The lowest BCUT2D eigenvalue weighted by Crippen LogP contribution is -2.52. The molecule has 1 saturated carbocycles. The van der Waals surface area contributed by atoms with E-state index < -0.39 is 0 Å². The first-order valence-corrected chi connectivity index (χ1v) is 11.4. The zero-order valence-corrected chi connectivity index (χ0v) is 19.1. The third-order valence-electron chi connectivity index (χ3n) is 6.23. The first-order chi connectivity index (χ1) is 15.5. The van der Waals surface area contributed by atoms with E-state index >= 15 is 0 Å². The van der Waals surface area contributed by atoms with Gasteiger partial charge in [-0.1, -0.05) is 13.8 Å². The van der Waals surface area contributed by atoms with Crippen molar-refractivity contribution >= 4 is 17.0 Å². The normalized spacial score (nSPS) is 16.9. The molecule has 2 fully saturated rings. The van der Waals surface area contributed by atoms with Crippen molar-refractivity contribution in [2.75, 3.05) is 24.5 Å². The number of rotatable bonds is 2. The topological polar surface area (TPSA) is 79.8 Å². The van der Waals surface area contributed by atoms with Crippen LogP contribution in [0.2, 0.25) is 0 Å². The molecule has 1 saturated heterocycles. The molecule has 0 aromatic carbocycles. The Kier molecular flexibility index (Phi) is 4.97. The Morgan fingerprint density at radius 1 is 1.03 bits per heavy atom. The fourth-order valence-corrected chi connectivity index (χ4v) is 4.44. The van der Waals surface area contributed by atoms with Gasteiger partial charge in [0, 0.05) is 37.4 Å². The van der Waals surface area contributed by atoms with Crippen LogP contribution in [0.4, 0.5) is 5.69 Å². The van der Waals surface area contributed by atoms with Gasteiger partial charge in [-0.15, -0.1) is 0 Å². The van der Waals surface area contributed by atoms with Gasteiger partial charge in [-0.25, -0.2) is 14.5 Å². The molecular weight excluding hydrogens is 402 g/mol.